The van der Waals surface area contributed by atoms with Crippen LogP contribution in [0.4, 0.5) is 0 Å². The molecule has 0 aliphatic heterocycles. The Balaban J connectivity index is 1.54. The van der Waals surface area contributed by atoms with Gasteiger partial charge < -0.3 is 14.9 Å². The minimum atomic E-state index is -0.731. The highest BCUT2D eigenvalue weighted by Crippen LogP contribution is 2.40. The highest BCUT2D eigenvalue weighted by Gasteiger charge is 2.41. The molecular formula is C23H29ClO4. The van der Waals surface area contributed by atoms with E-state index in [1.54, 1.807) is 0 Å². The molecule has 3 rings (SSSR count). The summed E-state index contributed by atoms with van der Waals surface area (Å²) in [5.41, 5.74) is 0. The number of carboxylic acids is 1. The number of halogens is 1. The molecule has 2 aromatic rings. The summed E-state index contributed by atoms with van der Waals surface area (Å²) in [7, 11) is 0. The molecule has 152 valence electrons. The van der Waals surface area contributed by atoms with E-state index in [4.69, 9.17) is 21.4 Å². The maximum Gasteiger partial charge on any atom is 0.303 e. The number of ether oxygens (including phenoxy) is 1. The molecule has 0 amide bonds. The Morgan fingerprint density at radius 2 is 1.79 bits per heavy atom. The van der Waals surface area contributed by atoms with Crippen molar-refractivity contribution in [2.24, 2.45) is 11.8 Å². The van der Waals surface area contributed by atoms with Gasteiger partial charge in [0.1, 0.15) is 5.75 Å². The number of unbranched alkanes of at least 4 members (excludes halogenated alkanes) is 3. The van der Waals surface area contributed by atoms with E-state index < -0.39 is 12.1 Å². The minimum absolute atomic E-state index is 0.0282. The van der Waals surface area contributed by atoms with Crippen molar-refractivity contribution in [1.82, 2.24) is 0 Å². The summed E-state index contributed by atoms with van der Waals surface area (Å²) >= 11 is 6.53. The van der Waals surface area contributed by atoms with Gasteiger partial charge in [0.25, 0.3) is 0 Å². The number of rotatable bonds is 10. The van der Waals surface area contributed by atoms with E-state index >= 15 is 0 Å². The number of carbonyl (C=O) groups is 1. The first-order valence-corrected chi connectivity index (χ1v) is 10.6. The molecule has 1 saturated carbocycles. The first-order valence-electron chi connectivity index (χ1n) is 10.2. The molecule has 4 atom stereocenters. The number of aliphatic carboxylic acids is 1. The molecule has 1 fully saturated rings. The van der Waals surface area contributed by atoms with Crippen LogP contribution in [0.5, 0.6) is 5.75 Å². The van der Waals surface area contributed by atoms with Crippen LogP contribution in [0, 0.1) is 11.8 Å². The zero-order valence-electron chi connectivity index (χ0n) is 16.1. The van der Waals surface area contributed by atoms with Crippen molar-refractivity contribution in [3.05, 3.63) is 42.5 Å². The molecule has 1 aliphatic carbocycles. The molecule has 2 unspecified atom stereocenters. The molecule has 0 saturated heterocycles. The molecule has 0 radical (unpaired) electrons. The second-order valence-corrected chi connectivity index (χ2v) is 8.34. The standard InChI is InChI=1S/C23H29ClO4/c24-20-14-21(25)19(18(20)11-3-1-2-4-13-23(26)27)15-28-22-12-7-9-16-8-5-6-10-17(16)22/h5-10,12,18-21,25H,1-4,11,13-15H2,(H,26,27)/t18-,19?,20-,21?/m1/s1. The molecule has 0 spiro atoms. The molecule has 1 aliphatic rings. The van der Waals surface area contributed by atoms with Gasteiger partial charge >= 0.3 is 5.97 Å². The number of aliphatic hydroxyl groups is 1. The molecule has 5 heteroatoms. The van der Waals surface area contributed by atoms with Crippen molar-refractivity contribution in [2.75, 3.05) is 6.61 Å². The predicted molar refractivity (Wildman–Crippen MR) is 112 cm³/mol. The summed E-state index contributed by atoms with van der Waals surface area (Å²) in [6, 6.07) is 14.2. The Kier molecular flexibility index (Phi) is 7.57. The van der Waals surface area contributed by atoms with Crippen molar-refractivity contribution >= 4 is 28.3 Å². The third-order valence-electron chi connectivity index (χ3n) is 5.83. The summed E-state index contributed by atoms with van der Waals surface area (Å²) < 4.78 is 6.14. The number of hydrogen-bond donors (Lipinski definition) is 2. The maximum absolute atomic E-state index is 10.6. The molecule has 2 N–H and O–H groups in total. The van der Waals surface area contributed by atoms with Gasteiger partial charge in [0.15, 0.2) is 0 Å². The predicted octanol–water partition coefficient (Wildman–Crippen LogP) is 5.25. The van der Waals surface area contributed by atoms with Crippen molar-refractivity contribution < 1.29 is 19.7 Å². The lowest BCUT2D eigenvalue weighted by molar-refractivity contribution is -0.137. The van der Waals surface area contributed by atoms with Crippen LogP contribution in [0.25, 0.3) is 10.8 Å². The van der Waals surface area contributed by atoms with E-state index in [1.807, 2.05) is 24.3 Å². The lowest BCUT2D eigenvalue weighted by Gasteiger charge is -2.24. The first kappa shape index (κ1) is 20.9. The summed E-state index contributed by atoms with van der Waals surface area (Å²) in [5, 5.41) is 21.4. The third kappa shape index (κ3) is 5.39. The SMILES string of the molecule is O=C(O)CCCCCC[C@@H]1C(COc2cccc3ccccc23)C(O)C[C@H]1Cl. The molecule has 2 aromatic carbocycles. The minimum Gasteiger partial charge on any atom is -0.493 e. The quantitative estimate of drug-likeness (QED) is 0.419. The smallest absolute Gasteiger partial charge is 0.303 e. The van der Waals surface area contributed by atoms with Crippen molar-refractivity contribution in [3.8, 4) is 5.75 Å². The Morgan fingerprint density at radius 1 is 1.04 bits per heavy atom. The van der Waals surface area contributed by atoms with Gasteiger partial charge in [-0.2, -0.15) is 0 Å². The molecule has 0 heterocycles. The van der Waals surface area contributed by atoms with Crippen LogP contribution in [0.1, 0.15) is 44.9 Å². The van der Waals surface area contributed by atoms with Gasteiger partial charge in [0, 0.05) is 23.1 Å². The van der Waals surface area contributed by atoms with Crippen LogP contribution in [0.2, 0.25) is 0 Å². The average molecular weight is 405 g/mol. The topological polar surface area (TPSA) is 66.8 Å². The Bertz CT molecular complexity index is 773. The van der Waals surface area contributed by atoms with Gasteiger partial charge in [-0.1, -0.05) is 55.7 Å². The zero-order valence-corrected chi connectivity index (χ0v) is 16.9. The summed E-state index contributed by atoms with van der Waals surface area (Å²) in [6.45, 7) is 0.460. The summed E-state index contributed by atoms with van der Waals surface area (Å²) in [5.74, 6) is 0.368. The Labute approximate surface area is 171 Å². The number of fused-ring (bicyclic) bond motifs is 1. The van der Waals surface area contributed by atoms with Crippen LogP contribution >= 0.6 is 11.6 Å². The number of hydrogen-bond acceptors (Lipinski definition) is 3. The normalized spacial score (nSPS) is 24.5. The van der Waals surface area contributed by atoms with Crippen LogP contribution in [0.15, 0.2) is 42.5 Å². The van der Waals surface area contributed by atoms with Crippen molar-refractivity contribution in [2.45, 2.75) is 56.4 Å². The van der Waals surface area contributed by atoms with Crippen LogP contribution in [-0.2, 0) is 4.79 Å². The Morgan fingerprint density at radius 3 is 2.61 bits per heavy atom. The van der Waals surface area contributed by atoms with E-state index in [1.165, 1.54) is 0 Å². The van der Waals surface area contributed by atoms with E-state index in [-0.39, 0.29) is 23.6 Å². The van der Waals surface area contributed by atoms with Crippen LogP contribution < -0.4 is 4.74 Å². The largest absolute Gasteiger partial charge is 0.493 e. The van der Waals surface area contributed by atoms with Gasteiger partial charge in [-0.05, 0) is 36.6 Å². The molecule has 4 nitrogen and oxygen atoms in total. The van der Waals surface area contributed by atoms with Gasteiger partial charge in [0.2, 0.25) is 0 Å². The number of carboxylic acid groups (broad SMARTS) is 1. The van der Waals surface area contributed by atoms with E-state index in [0.717, 1.165) is 48.6 Å². The maximum atomic E-state index is 10.6. The van der Waals surface area contributed by atoms with Gasteiger partial charge in [-0.3, -0.25) is 4.79 Å². The van der Waals surface area contributed by atoms with Crippen molar-refractivity contribution in [1.29, 1.82) is 0 Å². The van der Waals surface area contributed by atoms with E-state index in [9.17, 15) is 9.90 Å². The van der Waals surface area contributed by atoms with Crippen molar-refractivity contribution in [3.63, 3.8) is 0 Å². The second-order valence-electron chi connectivity index (χ2n) is 7.78. The summed E-state index contributed by atoms with van der Waals surface area (Å²) in [4.78, 5) is 10.6. The van der Waals surface area contributed by atoms with Gasteiger partial charge in [0.05, 0.1) is 12.7 Å². The first-order chi connectivity index (χ1) is 13.6. The molecule has 28 heavy (non-hydrogen) atoms. The highest BCUT2D eigenvalue weighted by atomic mass is 35.5. The monoisotopic (exact) mass is 404 g/mol. The number of alkyl halides is 1. The van der Waals surface area contributed by atoms with Gasteiger partial charge in [-0.15, -0.1) is 11.6 Å². The fourth-order valence-electron chi connectivity index (χ4n) is 4.28. The highest BCUT2D eigenvalue weighted by molar-refractivity contribution is 6.21. The van der Waals surface area contributed by atoms with E-state index in [2.05, 4.69) is 18.2 Å². The molecular weight excluding hydrogens is 376 g/mol. The van der Waals surface area contributed by atoms with Gasteiger partial charge in [-0.25, -0.2) is 0 Å². The fraction of sp³-hybridized carbons (Fsp3) is 0.522. The fourth-order valence-corrected chi connectivity index (χ4v) is 4.78. The zero-order chi connectivity index (χ0) is 19.9. The molecule has 0 aromatic heterocycles. The summed E-state index contributed by atoms with van der Waals surface area (Å²) in [6.07, 6.45) is 5.00. The number of aliphatic hydroxyl groups excluding tert-OH is 1. The van der Waals surface area contributed by atoms with E-state index in [0.29, 0.717) is 13.0 Å². The van der Waals surface area contributed by atoms with Crippen LogP contribution in [0.3, 0.4) is 0 Å². The second kappa shape index (κ2) is 10.1. The third-order valence-corrected chi connectivity index (χ3v) is 6.34. The Hall–Kier alpha value is -1.78. The lowest BCUT2D eigenvalue weighted by Crippen LogP contribution is -2.27. The lowest BCUT2D eigenvalue weighted by atomic mass is 9.90. The van der Waals surface area contributed by atoms with Crippen LogP contribution in [-0.4, -0.2) is 34.3 Å². The average Bonchev–Trinajstić information content (AvgIpc) is 2.95. The number of benzene rings is 2. The molecule has 0 bridgehead atoms.